The summed E-state index contributed by atoms with van der Waals surface area (Å²) in [5.41, 5.74) is 11.1. The number of nitrogens with two attached hydrogens (primary N) is 1. The Hall–Kier alpha value is -2.49. The quantitative estimate of drug-likeness (QED) is 0.701. The van der Waals surface area contributed by atoms with E-state index in [-0.39, 0.29) is 5.69 Å². The molecule has 0 aliphatic rings. The molecule has 0 atom stereocenters. The molecule has 1 aromatic heterocycles. The monoisotopic (exact) mass is 267 g/mol. The molecule has 3 rings (SSSR count). The Morgan fingerprint density at radius 1 is 1.25 bits per heavy atom. The van der Waals surface area contributed by atoms with Gasteiger partial charge >= 0.3 is 5.69 Å². The molecule has 4 heteroatoms. The average Bonchev–Trinajstić information content (AvgIpc) is 2.73. The third kappa shape index (κ3) is 1.81. The fourth-order valence-electron chi connectivity index (χ4n) is 2.68. The number of aryl methyl sites for hydroxylation is 2. The highest BCUT2D eigenvalue weighted by molar-refractivity contribution is 5.81. The second kappa shape index (κ2) is 4.56. The number of imidazole rings is 1. The molecule has 2 aromatic carbocycles. The lowest BCUT2D eigenvalue weighted by atomic mass is 10.1. The maximum absolute atomic E-state index is 12.3. The van der Waals surface area contributed by atoms with E-state index in [1.807, 2.05) is 31.2 Å². The van der Waals surface area contributed by atoms with Crippen molar-refractivity contribution in [1.29, 1.82) is 0 Å². The largest absolute Gasteiger partial charge is 0.399 e. The van der Waals surface area contributed by atoms with Gasteiger partial charge in [-0.1, -0.05) is 25.1 Å². The van der Waals surface area contributed by atoms with E-state index in [1.165, 1.54) is 0 Å². The molecule has 0 amide bonds. The number of rotatable bonds is 2. The average molecular weight is 267 g/mol. The second-order valence-corrected chi connectivity index (χ2v) is 4.98. The smallest absolute Gasteiger partial charge is 0.331 e. The van der Waals surface area contributed by atoms with Gasteiger partial charge in [0.1, 0.15) is 0 Å². The van der Waals surface area contributed by atoms with Crippen molar-refractivity contribution in [2.24, 2.45) is 0 Å². The zero-order chi connectivity index (χ0) is 14.3. The highest BCUT2D eigenvalue weighted by atomic mass is 16.1. The van der Waals surface area contributed by atoms with E-state index < -0.39 is 0 Å². The van der Waals surface area contributed by atoms with Crippen LogP contribution in [0.15, 0.2) is 41.2 Å². The van der Waals surface area contributed by atoms with Crippen LogP contribution in [0.25, 0.3) is 16.7 Å². The number of hydrogen-bond donors (Lipinski definition) is 2. The highest BCUT2D eigenvalue weighted by Crippen LogP contribution is 2.23. The number of para-hydroxylation sites is 1. The maximum atomic E-state index is 12.3. The van der Waals surface area contributed by atoms with Gasteiger partial charge in [0.05, 0.1) is 16.7 Å². The summed E-state index contributed by atoms with van der Waals surface area (Å²) in [7, 11) is 0. The molecular formula is C16H17N3O. The minimum absolute atomic E-state index is 0.130. The minimum atomic E-state index is -0.130. The zero-order valence-electron chi connectivity index (χ0n) is 11.6. The molecule has 0 saturated carbocycles. The molecule has 0 bridgehead atoms. The van der Waals surface area contributed by atoms with Gasteiger partial charge in [-0.3, -0.25) is 4.57 Å². The molecule has 0 aliphatic heterocycles. The topological polar surface area (TPSA) is 63.8 Å². The maximum Gasteiger partial charge on any atom is 0.331 e. The second-order valence-electron chi connectivity index (χ2n) is 4.98. The number of aromatic nitrogens is 2. The van der Waals surface area contributed by atoms with Gasteiger partial charge in [0.2, 0.25) is 0 Å². The van der Waals surface area contributed by atoms with Gasteiger partial charge < -0.3 is 10.7 Å². The van der Waals surface area contributed by atoms with E-state index >= 15 is 0 Å². The lowest BCUT2D eigenvalue weighted by Gasteiger charge is -2.12. The van der Waals surface area contributed by atoms with Crippen molar-refractivity contribution in [1.82, 2.24) is 9.55 Å². The first-order valence-electron chi connectivity index (χ1n) is 6.71. The van der Waals surface area contributed by atoms with Gasteiger partial charge in [0.25, 0.3) is 0 Å². The SMILES string of the molecule is CCc1cccc(C)c1-n1c(=O)[nH]c2cc(N)ccc21. The van der Waals surface area contributed by atoms with Crippen molar-refractivity contribution in [3.05, 3.63) is 58.0 Å². The Balaban J connectivity index is 2.41. The van der Waals surface area contributed by atoms with E-state index in [1.54, 1.807) is 10.6 Å². The van der Waals surface area contributed by atoms with Crippen LogP contribution in [-0.4, -0.2) is 9.55 Å². The standard InChI is InChI=1S/C16H17N3O/c1-3-11-6-4-5-10(2)15(11)19-14-8-7-12(17)9-13(14)18-16(19)20/h4-9H,3,17H2,1-2H3,(H,18,20). The van der Waals surface area contributed by atoms with Gasteiger partial charge in [-0.15, -0.1) is 0 Å². The molecule has 3 aromatic rings. The van der Waals surface area contributed by atoms with Crippen molar-refractivity contribution in [2.75, 3.05) is 5.73 Å². The van der Waals surface area contributed by atoms with Gasteiger partial charge in [0.15, 0.2) is 0 Å². The fraction of sp³-hybridized carbons (Fsp3) is 0.188. The molecule has 0 radical (unpaired) electrons. The van der Waals surface area contributed by atoms with E-state index in [2.05, 4.69) is 18.0 Å². The summed E-state index contributed by atoms with van der Waals surface area (Å²) in [6.45, 7) is 4.12. The van der Waals surface area contributed by atoms with Gasteiger partial charge in [-0.2, -0.15) is 0 Å². The number of aromatic amines is 1. The predicted octanol–water partition coefficient (Wildman–Crippen LogP) is 2.77. The van der Waals surface area contributed by atoms with Crippen molar-refractivity contribution < 1.29 is 0 Å². The number of hydrogen-bond acceptors (Lipinski definition) is 2. The van der Waals surface area contributed by atoms with Gasteiger partial charge in [0, 0.05) is 5.69 Å². The van der Waals surface area contributed by atoms with Crippen LogP contribution in [0.5, 0.6) is 0 Å². The van der Waals surface area contributed by atoms with Crippen molar-refractivity contribution >= 4 is 16.7 Å². The van der Waals surface area contributed by atoms with Crippen molar-refractivity contribution in [3.63, 3.8) is 0 Å². The molecular weight excluding hydrogens is 250 g/mol. The van der Waals surface area contributed by atoms with Crippen LogP contribution in [0.1, 0.15) is 18.1 Å². The van der Waals surface area contributed by atoms with E-state index in [0.29, 0.717) is 5.69 Å². The fourth-order valence-corrected chi connectivity index (χ4v) is 2.68. The van der Waals surface area contributed by atoms with Crippen molar-refractivity contribution in [3.8, 4) is 5.69 Å². The van der Waals surface area contributed by atoms with Gasteiger partial charge in [-0.05, 0) is 42.7 Å². The molecule has 0 unspecified atom stereocenters. The number of anilines is 1. The Labute approximate surface area is 116 Å². The van der Waals surface area contributed by atoms with Crippen LogP contribution in [0, 0.1) is 6.92 Å². The Morgan fingerprint density at radius 2 is 2.05 bits per heavy atom. The third-order valence-corrected chi connectivity index (χ3v) is 3.63. The Kier molecular flexibility index (Phi) is 2.86. The van der Waals surface area contributed by atoms with Crippen LogP contribution in [0.4, 0.5) is 5.69 Å². The minimum Gasteiger partial charge on any atom is -0.399 e. The number of nitrogens with one attached hydrogen (secondary N) is 1. The zero-order valence-corrected chi connectivity index (χ0v) is 11.6. The Bertz CT molecular complexity index is 843. The van der Waals surface area contributed by atoms with E-state index in [0.717, 1.165) is 34.3 Å². The van der Waals surface area contributed by atoms with Crippen LogP contribution < -0.4 is 11.4 Å². The summed E-state index contributed by atoms with van der Waals surface area (Å²) in [6, 6.07) is 11.6. The normalized spacial score (nSPS) is 11.1. The summed E-state index contributed by atoms with van der Waals surface area (Å²) in [5, 5.41) is 0. The van der Waals surface area contributed by atoms with Crippen LogP contribution in [0.2, 0.25) is 0 Å². The van der Waals surface area contributed by atoms with Gasteiger partial charge in [-0.25, -0.2) is 4.79 Å². The highest BCUT2D eigenvalue weighted by Gasteiger charge is 2.13. The number of fused-ring (bicyclic) bond motifs is 1. The summed E-state index contributed by atoms with van der Waals surface area (Å²) < 4.78 is 1.74. The Morgan fingerprint density at radius 3 is 2.80 bits per heavy atom. The molecule has 0 saturated heterocycles. The summed E-state index contributed by atoms with van der Waals surface area (Å²) in [6.07, 6.45) is 0.880. The third-order valence-electron chi connectivity index (χ3n) is 3.63. The summed E-state index contributed by atoms with van der Waals surface area (Å²) in [5.74, 6) is 0. The van der Waals surface area contributed by atoms with Crippen LogP contribution in [0.3, 0.4) is 0 Å². The first kappa shape index (κ1) is 12.5. The lowest BCUT2D eigenvalue weighted by molar-refractivity contribution is 0.966. The predicted molar refractivity (Wildman–Crippen MR) is 82.4 cm³/mol. The molecule has 20 heavy (non-hydrogen) atoms. The van der Waals surface area contributed by atoms with Crippen LogP contribution >= 0.6 is 0 Å². The van der Waals surface area contributed by atoms with Crippen LogP contribution in [-0.2, 0) is 6.42 Å². The molecule has 0 fully saturated rings. The molecule has 102 valence electrons. The molecule has 1 heterocycles. The first-order chi connectivity index (χ1) is 9.61. The molecule has 0 aliphatic carbocycles. The first-order valence-corrected chi connectivity index (χ1v) is 6.71. The number of nitrogens with zero attached hydrogens (tertiary/aromatic N) is 1. The summed E-state index contributed by atoms with van der Waals surface area (Å²) in [4.78, 5) is 15.2. The lowest BCUT2D eigenvalue weighted by Crippen LogP contribution is -2.17. The molecule has 4 nitrogen and oxygen atoms in total. The molecule has 0 spiro atoms. The van der Waals surface area contributed by atoms with E-state index in [9.17, 15) is 4.79 Å². The number of nitrogen functional groups attached to an aromatic ring is 1. The number of H-pyrrole nitrogens is 1. The number of benzene rings is 2. The van der Waals surface area contributed by atoms with Crippen molar-refractivity contribution in [2.45, 2.75) is 20.3 Å². The van der Waals surface area contributed by atoms with E-state index in [4.69, 9.17) is 5.73 Å². The molecule has 3 N–H and O–H groups in total. The summed E-state index contributed by atoms with van der Waals surface area (Å²) >= 11 is 0.